The third-order valence-corrected chi connectivity index (χ3v) is 8.93. The van der Waals surface area contributed by atoms with Crippen LogP contribution in [0.15, 0.2) is 24.5 Å². The number of fused-ring (bicyclic) bond motifs is 1. The molecule has 0 spiro atoms. The summed E-state index contributed by atoms with van der Waals surface area (Å²) in [6.45, 7) is 18.0. The minimum Gasteiger partial charge on any atom is -0.487 e. The van der Waals surface area contributed by atoms with E-state index in [1.165, 1.54) is 56.9 Å². The summed E-state index contributed by atoms with van der Waals surface area (Å²) >= 11 is 0. The number of carbonyl (C=O) groups excluding carboxylic acids is 1. The first-order valence-electron chi connectivity index (χ1n) is 15.4. The smallest absolute Gasteiger partial charge is 0.345 e. The first-order chi connectivity index (χ1) is 18.5. The summed E-state index contributed by atoms with van der Waals surface area (Å²) in [4.78, 5) is 16.8. The third-order valence-electron chi connectivity index (χ3n) is 8.93. The number of ether oxygens (including phenoxy) is 2. The summed E-state index contributed by atoms with van der Waals surface area (Å²) in [6, 6.07) is 3.48. The summed E-state index contributed by atoms with van der Waals surface area (Å²) in [6.07, 6.45) is 16.9. The summed E-state index contributed by atoms with van der Waals surface area (Å²) in [7, 11) is 0. The summed E-state index contributed by atoms with van der Waals surface area (Å²) in [5.74, 6) is 3.76. The van der Waals surface area contributed by atoms with Crippen molar-refractivity contribution >= 4 is 5.97 Å². The standard InChI is InChI=1S/C35H53NO3/c1-24(2)13-9-14-25(3)15-10-16-26(4)17-11-20-35(8)21-19-31-29(7)32(27(5)28(6)33(31)39-35)38-34(37)30-18-12-22-36-23-30/h12,18,22-26H,9-11,13-17,19-21H2,1-8H3/t25-,26+,35+/m1/s1. The predicted molar refractivity (Wildman–Crippen MR) is 162 cm³/mol. The van der Waals surface area contributed by atoms with Crippen molar-refractivity contribution in [2.45, 2.75) is 132 Å². The highest BCUT2D eigenvalue weighted by Crippen LogP contribution is 2.45. The van der Waals surface area contributed by atoms with E-state index in [0.717, 1.165) is 59.5 Å². The molecule has 3 atom stereocenters. The Hall–Kier alpha value is -2.36. The molecule has 0 aliphatic carbocycles. The molecule has 1 aliphatic heterocycles. The van der Waals surface area contributed by atoms with Gasteiger partial charge in [0.1, 0.15) is 17.1 Å². The number of nitrogens with zero attached hydrogens (tertiary/aromatic N) is 1. The number of carbonyl (C=O) groups is 1. The van der Waals surface area contributed by atoms with Gasteiger partial charge in [-0.3, -0.25) is 4.98 Å². The lowest BCUT2D eigenvalue weighted by molar-refractivity contribution is 0.0508. The fourth-order valence-electron chi connectivity index (χ4n) is 6.05. The molecule has 2 heterocycles. The van der Waals surface area contributed by atoms with Gasteiger partial charge in [-0.15, -0.1) is 0 Å². The molecule has 0 N–H and O–H groups in total. The molecule has 1 aliphatic rings. The van der Waals surface area contributed by atoms with Crippen molar-refractivity contribution < 1.29 is 14.3 Å². The zero-order valence-electron chi connectivity index (χ0n) is 26.0. The van der Waals surface area contributed by atoms with Gasteiger partial charge in [0, 0.05) is 18.0 Å². The van der Waals surface area contributed by atoms with E-state index in [4.69, 9.17) is 9.47 Å². The van der Waals surface area contributed by atoms with Gasteiger partial charge in [0.25, 0.3) is 0 Å². The third kappa shape index (κ3) is 8.82. The Morgan fingerprint density at radius 2 is 1.59 bits per heavy atom. The van der Waals surface area contributed by atoms with Gasteiger partial charge in [-0.2, -0.15) is 0 Å². The molecular formula is C35H53NO3. The maximum atomic E-state index is 12.7. The Morgan fingerprint density at radius 1 is 0.949 bits per heavy atom. The summed E-state index contributed by atoms with van der Waals surface area (Å²) in [5.41, 5.74) is 4.56. The molecule has 1 aromatic carbocycles. The van der Waals surface area contributed by atoms with Crippen LogP contribution in [0.25, 0.3) is 0 Å². The SMILES string of the molecule is Cc1c(C)c2c(c(C)c1OC(=O)c1cccnc1)CC[C@](C)(CCC[C@@H](C)CCC[C@H](C)CCCC(C)C)O2. The predicted octanol–water partition coefficient (Wildman–Crippen LogP) is 9.75. The normalized spacial score (nSPS) is 18.4. The monoisotopic (exact) mass is 535 g/mol. The number of rotatable bonds is 14. The molecule has 39 heavy (non-hydrogen) atoms. The number of esters is 1. The first kappa shape index (κ1) is 31.2. The van der Waals surface area contributed by atoms with Gasteiger partial charge in [0.2, 0.25) is 0 Å². The first-order valence-corrected chi connectivity index (χ1v) is 15.4. The van der Waals surface area contributed by atoms with Gasteiger partial charge >= 0.3 is 5.97 Å². The lowest BCUT2D eigenvalue weighted by atomic mass is 9.83. The fraction of sp³-hybridized carbons (Fsp3) is 0.657. The maximum absolute atomic E-state index is 12.7. The molecule has 0 unspecified atom stereocenters. The molecule has 0 bridgehead atoms. The van der Waals surface area contributed by atoms with Crippen LogP contribution in [-0.4, -0.2) is 16.6 Å². The second-order valence-electron chi connectivity index (χ2n) is 13.1. The quantitative estimate of drug-likeness (QED) is 0.178. The van der Waals surface area contributed by atoms with Gasteiger partial charge in [0.15, 0.2) is 0 Å². The van der Waals surface area contributed by atoms with E-state index in [1.807, 2.05) is 6.92 Å². The van der Waals surface area contributed by atoms with E-state index in [2.05, 4.69) is 53.5 Å². The number of benzene rings is 1. The Morgan fingerprint density at radius 3 is 2.21 bits per heavy atom. The van der Waals surface area contributed by atoms with Crippen molar-refractivity contribution in [3.8, 4) is 11.5 Å². The molecule has 0 radical (unpaired) electrons. The van der Waals surface area contributed by atoms with Crippen LogP contribution < -0.4 is 9.47 Å². The maximum Gasteiger partial charge on any atom is 0.345 e. The minimum atomic E-state index is -0.370. The van der Waals surface area contributed by atoms with Crippen LogP contribution in [-0.2, 0) is 6.42 Å². The zero-order valence-corrected chi connectivity index (χ0v) is 26.0. The van der Waals surface area contributed by atoms with Crippen molar-refractivity contribution in [1.29, 1.82) is 0 Å². The van der Waals surface area contributed by atoms with Crippen molar-refractivity contribution in [3.05, 3.63) is 52.3 Å². The molecule has 0 amide bonds. The lowest BCUT2D eigenvalue weighted by Crippen LogP contribution is -2.37. The van der Waals surface area contributed by atoms with E-state index in [-0.39, 0.29) is 11.6 Å². The van der Waals surface area contributed by atoms with Crippen LogP contribution >= 0.6 is 0 Å². The largest absolute Gasteiger partial charge is 0.487 e. The van der Waals surface area contributed by atoms with E-state index in [9.17, 15) is 4.79 Å². The second-order valence-corrected chi connectivity index (χ2v) is 13.1. The molecular weight excluding hydrogens is 482 g/mol. The van der Waals surface area contributed by atoms with Crippen molar-refractivity contribution in [3.63, 3.8) is 0 Å². The Bertz CT molecular complexity index is 1080. The molecule has 0 saturated heterocycles. The molecule has 3 rings (SSSR count). The fourth-order valence-corrected chi connectivity index (χ4v) is 6.05. The lowest BCUT2D eigenvalue weighted by Gasteiger charge is -2.38. The van der Waals surface area contributed by atoms with Gasteiger partial charge in [-0.05, 0) is 100.0 Å². The Labute approximate surface area is 238 Å². The van der Waals surface area contributed by atoms with E-state index >= 15 is 0 Å². The topological polar surface area (TPSA) is 48.4 Å². The van der Waals surface area contributed by atoms with Crippen LogP contribution in [0.1, 0.15) is 131 Å². The van der Waals surface area contributed by atoms with Gasteiger partial charge < -0.3 is 9.47 Å². The van der Waals surface area contributed by atoms with Crippen LogP contribution in [0.3, 0.4) is 0 Å². The second kappa shape index (κ2) is 14.3. The molecule has 0 fully saturated rings. The molecule has 4 heteroatoms. The molecule has 0 saturated carbocycles. The van der Waals surface area contributed by atoms with E-state index < -0.39 is 0 Å². The highest BCUT2D eigenvalue weighted by molar-refractivity contribution is 5.91. The zero-order chi connectivity index (χ0) is 28.6. The molecule has 1 aromatic heterocycles. The number of aromatic nitrogens is 1. The van der Waals surface area contributed by atoms with E-state index in [1.54, 1.807) is 24.5 Å². The average molecular weight is 536 g/mol. The number of hydrogen-bond donors (Lipinski definition) is 0. The van der Waals surface area contributed by atoms with E-state index in [0.29, 0.717) is 11.3 Å². The Kier molecular flexibility index (Phi) is 11.4. The van der Waals surface area contributed by atoms with Gasteiger partial charge in [0.05, 0.1) is 5.56 Å². The molecule has 4 nitrogen and oxygen atoms in total. The highest BCUT2D eigenvalue weighted by atomic mass is 16.5. The van der Waals surface area contributed by atoms with Gasteiger partial charge in [-0.25, -0.2) is 4.79 Å². The summed E-state index contributed by atoms with van der Waals surface area (Å²) in [5, 5.41) is 0. The van der Waals surface area contributed by atoms with Crippen LogP contribution in [0.4, 0.5) is 0 Å². The average Bonchev–Trinajstić information content (AvgIpc) is 2.90. The minimum absolute atomic E-state index is 0.144. The molecule has 216 valence electrons. The van der Waals surface area contributed by atoms with Crippen molar-refractivity contribution in [2.75, 3.05) is 0 Å². The van der Waals surface area contributed by atoms with Crippen LogP contribution in [0, 0.1) is 38.5 Å². The Balaban J connectivity index is 1.51. The number of hydrogen-bond acceptors (Lipinski definition) is 4. The van der Waals surface area contributed by atoms with Gasteiger partial charge in [-0.1, -0.05) is 72.6 Å². The van der Waals surface area contributed by atoms with Crippen LogP contribution in [0.2, 0.25) is 0 Å². The van der Waals surface area contributed by atoms with Crippen LogP contribution in [0.5, 0.6) is 11.5 Å². The van der Waals surface area contributed by atoms with Crippen molar-refractivity contribution in [1.82, 2.24) is 4.98 Å². The summed E-state index contributed by atoms with van der Waals surface area (Å²) < 4.78 is 12.6. The van der Waals surface area contributed by atoms with Crippen molar-refractivity contribution in [2.24, 2.45) is 17.8 Å². The highest BCUT2D eigenvalue weighted by Gasteiger charge is 2.35. The molecule has 2 aromatic rings. The number of pyridine rings is 1.